The second-order valence-corrected chi connectivity index (χ2v) is 6.73. The lowest BCUT2D eigenvalue weighted by atomic mass is 9.92. The predicted molar refractivity (Wildman–Crippen MR) is 99.7 cm³/mol. The zero-order chi connectivity index (χ0) is 19.8. The quantitative estimate of drug-likeness (QED) is 0.686. The minimum atomic E-state index is -0.444. The van der Waals surface area contributed by atoms with E-state index in [9.17, 15) is 14.0 Å². The van der Waals surface area contributed by atoms with E-state index >= 15 is 0 Å². The van der Waals surface area contributed by atoms with E-state index < -0.39 is 11.7 Å². The lowest BCUT2D eigenvalue weighted by Gasteiger charge is -2.39. The van der Waals surface area contributed by atoms with Gasteiger partial charge in [-0.15, -0.1) is 0 Å². The molecule has 1 aliphatic heterocycles. The van der Waals surface area contributed by atoms with Gasteiger partial charge in [0.2, 0.25) is 0 Å². The Morgan fingerprint density at radius 2 is 2.14 bits per heavy atom. The second kappa shape index (κ2) is 7.16. The molecule has 1 fully saturated rings. The van der Waals surface area contributed by atoms with Gasteiger partial charge in [-0.2, -0.15) is 0 Å². The summed E-state index contributed by atoms with van der Waals surface area (Å²) in [6.45, 7) is 3.27. The fourth-order valence-corrected chi connectivity index (χ4v) is 3.49. The molecule has 3 aromatic rings. The van der Waals surface area contributed by atoms with Crippen molar-refractivity contribution in [2.45, 2.75) is 26.0 Å². The van der Waals surface area contributed by atoms with Crippen LogP contribution in [0.3, 0.4) is 0 Å². The summed E-state index contributed by atoms with van der Waals surface area (Å²) in [5, 5.41) is 0. The number of aryl methyl sites for hydroxylation is 1. The van der Waals surface area contributed by atoms with Gasteiger partial charge in [-0.3, -0.25) is 4.57 Å². The van der Waals surface area contributed by atoms with Gasteiger partial charge in [0.15, 0.2) is 11.5 Å². The van der Waals surface area contributed by atoms with Gasteiger partial charge >= 0.3 is 11.7 Å². The molecule has 146 valence electrons. The van der Waals surface area contributed by atoms with Crippen LogP contribution in [0.2, 0.25) is 0 Å². The normalized spacial score (nSPS) is 14.5. The molecule has 2 aromatic heterocycles. The number of halogens is 1. The smallest absolute Gasteiger partial charge is 0.338 e. The lowest BCUT2D eigenvalue weighted by molar-refractivity contribution is 0.152. The highest BCUT2D eigenvalue weighted by Gasteiger charge is 2.34. The second-order valence-electron chi connectivity index (χ2n) is 6.73. The number of hydrogen-bond donors (Lipinski definition) is 0. The third-order valence-electron chi connectivity index (χ3n) is 4.97. The molecule has 0 saturated carbocycles. The summed E-state index contributed by atoms with van der Waals surface area (Å²) in [6.07, 6.45) is 1.48. The SMILES string of the molecule is CCn1c(=O)n(C(=O)N2CC(c3cccc(F)c3)C2)c2cnc(COC)nc21. The number of hydrogen-bond acceptors (Lipinski definition) is 5. The van der Waals surface area contributed by atoms with Crippen molar-refractivity contribution in [1.29, 1.82) is 0 Å². The molecule has 4 rings (SSSR count). The molecule has 8 nitrogen and oxygen atoms in total. The van der Waals surface area contributed by atoms with Gasteiger partial charge in [0.05, 0.1) is 6.20 Å². The number of methoxy groups -OCH3 is 1. The Morgan fingerprint density at radius 1 is 1.36 bits per heavy atom. The summed E-state index contributed by atoms with van der Waals surface area (Å²) in [5.74, 6) is 0.199. The number of likely N-dealkylation sites (tertiary alicyclic amines) is 1. The monoisotopic (exact) mass is 385 g/mol. The van der Waals surface area contributed by atoms with E-state index in [2.05, 4.69) is 9.97 Å². The fourth-order valence-electron chi connectivity index (χ4n) is 3.49. The van der Waals surface area contributed by atoms with Crippen molar-refractivity contribution in [3.8, 4) is 0 Å². The molecule has 28 heavy (non-hydrogen) atoms. The first-order chi connectivity index (χ1) is 13.5. The van der Waals surface area contributed by atoms with Crippen molar-refractivity contribution in [1.82, 2.24) is 24.0 Å². The minimum Gasteiger partial charge on any atom is -0.377 e. The van der Waals surface area contributed by atoms with Crippen LogP contribution in [0.5, 0.6) is 0 Å². The average molecular weight is 385 g/mol. The fraction of sp³-hybridized carbons (Fsp3) is 0.368. The van der Waals surface area contributed by atoms with E-state index in [1.54, 1.807) is 11.0 Å². The summed E-state index contributed by atoms with van der Waals surface area (Å²) in [4.78, 5) is 35.9. The maximum absolute atomic E-state index is 13.4. The number of amides is 1. The molecule has 0 bridgehead atoms. The molecule has 0 atom stereocenters. The first-order valence-corrected chi connectivity index (χ1v) is 9.04. The molecule has 0 aliphatic carbocycles. The first-order valence-electron chi connectivity index (χ1n) is 9.04. The third-order valence-corrected chi connectivity index (χ3v) is 4.97. The summed E-state index contributed by atoms with van der Waals surface area (Å²) < 4.78 is 21.0. The Balaban J connectivity index is 1.63. The van der Waals surface area contributed by atoms with Gasteiger partial charge in [0, 0.05) is 32.7 Å². The van der Waals surface area contributed by atoms with Crippen molar-refractivity contribution >= 4 is 17.2 Å². The number of benzene rings is 1. The molecule has 9 heteroatoms. The van der Waals surface area contributed by atoms with E-state index in [0.29, 0.717) is 36.6 Å². The van der Waals surface area contributed by atoms with E-state index in [1.165, 1.54) is 30.0 Å². The molecule has 1 aromatic carbocycles. The number of rotatable bonds is 4. The zero-order valence-electron chi connectivity index (χ0n) is 15.6. The summed E-state index contributed by atoms with van der Waals surface area (Å²) in [5.41, 5.74) is 1.18. The molecule has 1 amide bonds. The highest BCUT2D eigenvalue weighted by molar-refractivity contribution is 5.88. The number of carbonyl (C=O) groups is 1. The van der Waals surface area contributed by atoms with Crippen LogP contribution in [0.25, 0.3) is 11.2 Å². The highest BCUT2D eigenvalue weighted by atomic mass is 19.1. The number of imidazole rings is 1. The van der Waals surface area contributed by atoms with E-state index in [0.717, 1.165) is 10.1 Å². The van der Waals surface area contributed by atoms with Gasteiger partial charge in [0.25, 0.3) is 0 Å². The number of carbonyl (C=O) groups excluding carboxylic acids is 1. The Bertz CT molecular complexity index is 1100. The Morgan fingerprint density at radius 3 is 2.82 bits per heavy atom. The number of fused-ring (bicyclic) bond motifs is 1. The van der Waals surface area contributed by atoms with Crippen LogP contribution < -0.4 is 5.69 Å². The number of nitrogens with zero attached hydrogens (tertiary/aromatic N) is 5. The topological polar surface area (TPSA) is 82.2 Å². The molecule has 3 heterocycles. The van der Waals surface area contributed by atoms with Crippen LogP contribution in [0.1, 0.15) is 24.2 Å². The van der Waals surface area contributed by atoms with Gasteiger partial charge in [0.1, 0.15) is 17.9 Å². The van der Waals surface area contributed by atoms with Crippen LogP contribution in [0.15, 0.2) is 35.3 Å². The standard InChI is InChI=1S/C19H20FN5O3/c1-3-24-17-15(8-21-16(22-17)11-28-2)25(19(24)27)18(26)23-9-13(10-23)12-5-4-6-14(20)7-12/h4-8,13H,3,9-11H2,1-2H3. The van der Waals surface area contributed by atoms with Crippen molar-refractivity contribution in [2.75, 3.05) is 20.2 Å². The van der Waals surface area contributed by atoms with E-state index in [-0.39, 0.29) is 18.3 Å². The van der Waals surface area contributed by atoms with Crippen molar-refractivity contribution in [2.24, 2.45) is 0 Å². The molecule has 0 radical (unpaired) electrons. The van der Waals surface area contributed by atoms with Crippen molar-refractivity contribution < 1.29 is 13.9 Å². The highest BCUT2D eigenvalue weighted by Crippen LogP contribution is 2.28. The van der Waals surface area contributed by atoms with Crippen molar-refractivity contribution in [3.05, 3.63) is 58.2 Å². The van der Waals surface area contributed by atoms with Crippen LogP contribution in [-0.2, 0) is 17.9 Å². The Hall–Kier alpha value is -3.07. The molecular weight excluding hydrogens is 365 g/mol. The molecular formula is C19H20FN5O3. The van der Waals surface area contributed by atoms with Crippen LogP contribution >= 0.6 is 0 Å². The van der Waals surface area contributed by atoms with Crippen LogP contribution in [0, 0.1) is 5.82 Å². The maximum Gasteiger partial charge on any atom is 0.338 e. The molecule has 1 saturated heterocycles. The summed E-state index contributed by atoms with van der Waals surface area (Å²) >= 11 is 0. The summed E-state index contributed by atoms with van der Waals surface area (Å²) in [6, 6.07) is 5.95. The van der Waals surface area contributed by atoms with Gasteiger partial charge < -0.3 is 9.64 Å². The van der Waals surface area contributed by atoms with Gasteiger partial charge in [-0.1, -0.05) is 12.1 Å². The van der Waals surface area contributed by atoms with Crippen molar-refractivity contribution in [3.63, 3.8) is 0 Å². The zero-order valence-corrected chi connectivity index (χ0v) is 15.6. The van der Waals surface area contributed by atoms with Gasteiger partial charge in [-0.05, 0) is 24.6 Å². The van der Waals surface area contributed by atoms with Gasteiger partial charge in [-0.25, -0.2) is 28.5 Å². The number of ether oxygens (including phenoxy) is 1. The van der Waals surface area contributed by atoms with E-state index in [4.69, 9.17) is 4.74 Å². The minimum absolute atomic E-state index is 0.0550. The molecule has 0 N–H and O–H groups in total. The van der Waals surface area contributed by atoms with Crippen LogP contribution in [-0.4, -0.2) is 50.2 Å². The summed E-state index contributed by atoms with van der Waals surface area (Å²) in [7, 11) is 1.54. The largest absolute Gasteiger partial charge is 0.377 e. The Kier molecular flexibility index (Phi) is 4.68. The molecule has 0 spiro atoms. The first kappa shape index (κ1) is 18.3. The third kappa shape index (κ3) is 2.97. The number of aromatic nitrogens is 4. The average Bonchev–Trinajstić information content (AvgIpc) is 2.91. The maximum atomic E-state index is 13.4. The van der Waals surface area contributed by atoms with E-state index in [1.807, 2.05) is 13.0 Å². The Labute approximate surface area is 160 Å². The lowest BCUT2D eigenvalue weighted by Crippen LogP contribution is -2.52. The van der Waals surface area contributed by atoms with Crippen LogP contribution in [0.4, 0.5) is 9.18 Å². The molecule has 1 aliphatic rings. The molecule has 0 unspecified atom stereocenters. The predicted octanol–water partition coefficient (Wildman–Crippen LogP) is 1.97.